The molecule has 18 heavy (non-hydrogen) atoms. The number of hydrogen-bond acceptors (Lipinski definition) is 5. The third kappa shape index (κ3) is 9.39. The summed E-state index contributed by atoms with van der Waals surface area (Å²) in [6.07, 6.45) is 0. The van der Waals surface area contributed by atoms with Crippen LogP contribution in [0.2, 0.25) is 0 Å². The van der Waals surface area contributed by atoms with Gasteiger partial charge in [-0.05, 0) is 35.2 Å². The van der Waals surface area contributed by atoms with Crippen LogP contribution in [-0.2, 0) is 9.53 Å². The van der Waals surface area contributed by atoms with E-state index in [9.17, 15) is 4.79 Å². The number of nitrogens with zero attached hydrogens (tertiary/aromatic N) is 3. The topological polar surface area (TPSA) is 36.0 Å². The van der Waals surface area contributed by atoms with Gasteiger partial charge in [-0.1, -0.05) is 6.92 Å². The number of carbonyl (C=O) groups is 1. The number of hydrogen-bond donors (Lipinski definition) is 0. The molecule has 0 saturated carbocycles. The minimum atomic E-state index is -0.103. The molecule has 0 spiro atoms. The van der Waals surface area contributed by atoms with E-state index in [2.05, 4.69) is 9.80 Å². The van der Waals surface area contributed by atoms with Gasteiger partial charge >= 0.3 is 5.97 Å². The van der Waals surface area contributed by atoms with Gasteiger partial charge in [-0.2, -0.15) is 0 Å². The number of ether oxygens (including phenoxy) is 1. The van der Waals surface area contributed by atoms with Crippen LogP contribution in [0.25, 0.3) is 0 Å². The van der Waals surface area contributed by atoms with Crippen LogP contribution in [0.4, 0.5) is 0 Å². The zero-order chi connectivity index (χ0) is 14.1. The summed E-state index contributed by atoms with van der Waals surface area (Å²) in [5.41, 5.74) is 0. The summed E-state index contributed by atoms with van der Waals surface area (Å²) >= 11 is 0. The summed E-state index contributed by atoms with van der Waals surface area (Å²) in [6.45, 7) is 5.87. The second-order valence-electron chi connectivity index (χ2n) is 5.44. The lowest BCUT2D eigenvalue weighted by atomic mass is 10.2. The van der Waals surface area contributed by atoms with Crippen molar-refractivity contribution in [1.29, 1.82) is 0 Å². The Kier molecular flexibility index (Phi) is 8.97. The van der Waals surface area contributed by atoms with E-state index in [1.54, 1.807) is 0 Å². The number of esters is 1. The van der Waals surface area contributed by atoms with Crippen molar-refractivity contribution in [2.24, 2.45) is 5.92 Å². The first-order valence-electron chi connectivity index (χ1n) is 6.47. The Hall–Kier alpha value is -0.650. The van der Waals surface area contributed by atoms with Gasteiger partial charge in [-0.15, -0.1) is 0 Å². The van der Waals surface area contributed by atoms with Crippen molar-refractivity contribution in [2.45, 2.75) is 6.92 Å². The quantitative estimate of drug-likeness (QED) is 0.554. The van der Waals surface area contributed by atoms with Crippen LogP contribution < -0.4 is 0 Å². The predicted molar refractivity (Wildman–Crippen MR) is 74.7 cm³/mol. The first-order chi connectivity index (χ1) is 8.32. The summed E-state index contributed by atoms with van der Waals surface area (Å²) in [4.78, 5) is 18.0. The van der Waals surface area contributed by atoms with E-state index in [1.165, 1.54) is 0 Å². The van der Waals surface area contributed by atoms with E-state index in [-0.39, 0.29) is 11.9 Å². The Balaban J connectivity index is 3.78. The van der Waals surface area contributed by atoms with Crippen LogP contribution in [0.5, 0.6) is 0 Å². The van der Waals surface area contributed by atoms with E-state index in [0.717, 1.165) is 26.2 Å². The van der Waals surface area contributed by atoms with Crippen LogP contribution in [-0.4, -0.2) is 88.7 Å². The van der Waals surface area contributed by atoms with E-state index in [4.69, 9.17) is 4.74 Å². The van der Waals surface area contributed by atoms with Gasteiger partial charge in [0, 0.05) is 26.2 Å². The summed E-state index contributed by atoms with van der Waals surface area (Å²) in [5.74, 6) is -0.173. The van der Waals surface area contributed by atoms with Crippen molar-refractivity contribution >= 4 is 5.97 Å². The molecule has 1 atom stereocenters. The van der Waals surface area contributed by atoms with Crippen LogP contribution >= 0.6 is 0 Å². The largest absolute Gasteiger partial charge is 0.464 e. The maximum atomic E-state index is 11.7. The molecule has 0 N–H and O–H groups in total. The van der Waals surface area contributed by atoms with E-state index >= 15 is 0 Å². The minimum absolute atomic E-state index is 0.0701. The Bertz CT molecular complexity index is 232. The summed E-state index contributed by atoms with van der Waals surface area (Å²) in [6, 6.07) is 0. The summed E-state index contributed by atoms with van der Waals surface area (Å²) in [5, 5.41) is 0. The third-order valence-electron chi connectivity index (χ3n) is 2.70. The molecule has 0 aliphatic heterocycles. The Morgan fingerprint density at radius 3 is 2.06 bits per heavy atom. The molecule has 0 aliphatic carbocycles. The van der Waals surface area contributed by atoms with Gasteiger partial charge < -0.3 is 19.4 Å². The van der Waals surface area contributed by atoms with Gasteiger partial charge in [-0.3, -0.25) is 4.79 Å². The number of rotatable bonds is 9. The highest BCUT2D eigenvalue weighted by atomic mass is 16.5. The lowest BCUT2D eigenvalue weighted by Gasteiger charge is -2.22. The molecule has 0 aromatic heterocycles. The highest BCUT2D eigenvalue weighted by Gasteiger charge is 2.16. The first-order valence-corrected chi connectivity index (χ1v) is 6.47. The molecule has 0 aliphatic rings. The standard InChI is InChI=1S/C13H29N3O2/c1-12(11-16(6)8-7-14(2)3)13(17)18-10-9-15(4)5/h12H,7-11H2,1-6H3. The van der Waals surface area contributed by atoms with E-state index in [1.807, 2.05) is 47.1 Å². The molecule has 0 bridgehead atoms. The normalized spacial score (nSPS) is 13.4. The molecule has 0 heterocycles. The fraction of sp³-hybridized carbons (Fsp3) is 0.923. The molecule has 0 rings (SSSR count). The average molecular weight is 259 g/mol. The molecular weight excluding hydrogens is 230 g/mol. The fourth-order valence-corrected chi connectivity index (χ4v) is 1.48. The van der Waals surface area contributed by atoms with Gasteiger partial charge in [-0.25, -0.2) is 0 Å². The Morgan fingerprint density at radius 1 is 1.00 bits per heavy atom. The highest BCUT2D eigenvalue weighted by Crippen LogP contribution is 2.01. The Labute approximate surface area is 112 Å². The van der Waals surface area contributed by atoms with Gasteiger partial charge in [0.15, 0.2) is 0 Å². The third-order valence-corrected chi connectivity index (χ3v) is 2.70. The zero-order valence-corrected chi connectivity index (χ0v) is 12.8. The van der Waals surface area contributed by atoms with Gasteiger partial charge in [0.1, 0.15) is 6.61 Å². The number of likely N-dealkylation sites (N-methyl/N-ethyl adjacent to an activating group) is 3. The van der Waals surface area contributed by atoms with Gasteiger partial charge in [0.2, 0.25) is 0 Å². The molecule has 0 amide bonds. The van der Waals surface area contributed by atoms with Crippen LogP contribution in [0, 0.1) is 5.92 Å². The number of carbonyl (C=O) groups excluding carboxylic acids is 1. The molecule has 0 saturated heterocycles. The second kappa shape index (κ2) is 9.30. The zero-order valence-electron chi connectivity index (χ0n) is 12.8. The van der Waals surface area contributed by atoms with E-state index in [0.29, 0.717) is 6.61 Å². The van der Waals surface area contributed by atoms with Crippen molar-refractivity contribution in [3.8, 4) is 0 Å². The summed E-state index contributed by atoms with van der Waals surface area (Å²) in [7, 11) is 10.1. The molecule has 0 aromatic carbocycles. The lowest BCUT2D eigenvalue weighted by molar-refractivity contribution is -0.148. The molecule has 5 heteroatoms. The van der Waals surface area contributed by atoms with Gasteiger partial charge in [0.25, 0.3) is 0 Å². The van der Waals surface area contributed by atoms with Crippen molar-refractivity contribution in [2.75, 3.05) is 68.0 Å². The maximum absolute atomic E-state index is 11.7. The van der Waals surface area contributed by atoms with Crippen LogP contribution in [0.15, 0.2) is 0 Å². The van der Waals surface area contributed by atoms with E-state index < -0.39 is 0 Å². The lowest BCUT2D eigenvalue weighted by Crippen LogP contribution is -2.35. The molecule has 0 aromatic rings. The van der Waals surface area contributed by atoms with Crippen molar-refractivity contribution in [3.63, 3.8) is 0 Å². The molecule has 5 nitrogen and oxygen atoms in total. The fourth-order valence-electron chi connectivity index (χ4n) is 1.48. The molecule has 1 unspecified atom stereocenters. The molecule has 0 fully saturated rings. The molecular formula is C13H29N3O2. The Morgan fingerprint density at radius 2 is 1.56 bits per heavy atom. The first kappa shape index (κ1) is 17.4. The second-order valence-corrected chi connectivity index (χ2v) is 5.44. The molecule has 0 radical (unpaired) electrons. The van der Waals surface area contributed by atoms with Crippen molar-refractivity contribution in [1.82, 2.24) is 14.7 Å². The molecule has 108 valence electrons. The van der Waals surface area contributed by atoms with Crippen LogP contribution in [0.3, 0.4) is 0 Å². The monoisotopic (exact) mass is 259 g/mol. The SMILES string of the molecule is CC(CN(C)CCN(C)C)C(=O)OCCN(C)C. The van der Waals surface area contributed by atoms with Crippen molar-refractivity contribution < 1.29 is 9.53 Å². The smallest absolute Gasteiger partial charge is 0.309 e. The van der Waals surface area contributed by atoms with Crippen LogP contribution in [0.1, 0.15) is 6.92 Å². The van der Waals surface area contributed by atoms with Crippen molar-refractivity contribution in [3.05, 3.63) is 0 Å². The average Bonchev–Trinajstić information content (AvgIpc) is 2.25. The van der Waals surface area contributed by atoms with Gasteiger partial charge in [0.05, 0.1) is 5.92 Å². The maximum Gasteiger partial charge on any atom is 0.309 e. The summed E-state index contributed by atoms with van der Waals surface area (Å²) < 4.78 is 5.22. The minimum Gasteiger partial charge on any atom is -0.464 e. The highest BCUT2D eigenvalue weighted by molar-refractivity contribution is 5.72. The predicted octanol–water partition coefficient (Wildman–Crippen LogP) is 0.221.